The Bertz CT molecular complexity index is 1280. The Kier molecular flexibility index (Phi) is 10.1. The fraction of sp³-hybridized carbons (Fsp3) is 0.667. The number of hydrogen-bond donors (Lipinski definition) is 0. The van der Waals surface area contributed by atoms with E-state index in [0.29, 0.717) is 18.5 Å². The molecule has 1 aliphatic carbocycles. The number of likely N-dealkylation sites (N-methyl/N-ethyl adjacent to an activating group) is 3. The molecule has 0 N–H and O–H groups in total. The zero-order valence-electron chi connectivity index (χ0n) is 28.3. The Morgan fingerprint density at radius 3 is 2.16 bits per heavy atom. The smallest absolute Gasteiger partial charge is 0.320 e. The molecular weight excluding hydrogens is 566 g/mol. The largest absolute Gasteiger partial charge is 0.336 e. The highest BCUT2D eigenvalue weighted by atomic mass is 32.1. The number of benzene rings is 1. The first kappa shape index (κ1) is 33.0. The predicted octanol–water partition coefficient (Wildman–Crippen LogP) is 6.68. The van der Waals surface area contributed by atoms with E-state index in [1.54, 1.807) is 11.3 Å². The lowest BCUT2D eigenvalue weighted by molar-refractivity contribution is 0.00313. The lowest BCUT2D eigenvalue weighted by Crippen LogP contribution is -2.58. The highest BCUT2D eigenvalue weighted by Gasteiger charge is 2.47. The average Bonchev–Trinajstić information content (AvgIpc) is 3.81. The third-order valence-electron chi connectivity index (χ3n) is 11.1. The molecule has 44 heavy (non-hydrogen) atoms. The summed E-state index contributed by atoms with van der Waals surface area (Å²) in [5.74, 6) is 0.0432. The number of amides is 3. The molecule has 2 aliphatic heterocycles. The van der Waals surface area contributed by atoms with Gasteiger partial charge in [-0.1, -0.05) is 57.5 Å². The molecule has 2 aromatic rings. The summed E-state index contributed by atoms with van der Waals surface area (Å²) in [5, 5.41) is 0. The van der Waals surface area contributed by atoms with Crippen molar-refractivity contribution >= 4 is 23.3 Å². The van der Waals surface area contributed by atoms with Crippen molar-refractivity contribution in [1.82, 2.24) is 24.5 Å². The van der Waals surface area contributed by atoms with Gasteiger partial charge in [-0.15, -0.1) is 11.3 Å². The van der Waals surface area contributed by atoms with Crippen LogP contribution in [0.2, 0.25) is 0 Å². The fourth-order valence-electron chi connectivity index (χ4n) is 7.60. The van der Waals surface area contributed by atoms with Crippen LogP contribution in [0.5, 0.6) is 0 Å². The van der Waals surface area contributed by atoms with Crippen LogP contribution in [0.15, 0.2) is 36.4 Å². The molecule has 3 heterocycles. The van der Waals surface area contributed by atoms with E-state index in [1.165, 1.54) is 31.2 Å². The molecule has 242 valence electrons. The van der Waals surface area contributed by atoms with Crippen LogP contribution in [-0.2, 0) is 0 Å². The molecule has 0 bridgehead atoms. The Hall–Kier alpha value is -2.42. The number of carbonyl (C=O) groups excluding carboxylic acids is 2. The minimum absolute atomic E-state index is 0.0350. The van der Waals surface area contributed by atoms with E-state index in [0.717, 1.165) is 60.9 Å². The van der Waals surface area contributed by atoms with Crippen molar-refractivity contribution in [2.24, 2.45) is 5.41 Å². The van der Waals surface area contributed by atoms with Crippen molar-refractivity contribution in [3.63, 3.8) is 0 Å². The van der Waals surface area contributed by atoms with Gasteiger partial charge in [-0.2, -0.15) is 0 Å². The molecule has 3 aliphatic rings. The van der Waals surface area contributed by atoms with Crippen molar-refractivity contribution in [2.45, 2.75) is 90.8 Å². The second-order valence-corrected chi connectivity index (χ2v) is 15.6. The van der Waals surface area contributed by atoms with Crippen LogP contribution >= 0.6 is 11.3 Å². The second-order valence-electron chi connectivity index (χ2n) is 14.5. The van der Waals surface area contributed by atoms with E-state index in [1.807, 2.05) is 40.9 Å². The van der Waals surface area contributed by atoms with Gasteiger partial charge in [-0.25, -0.2) is 4.79 Å². The van der Waals surface area contributed by atoms with E-state index in [9.17, 15) is 9.59 Å². The number of urea groups is 1. The Morgan fingerprint density at radius 2 is 1.50 bits per heavy atom. The molecule has 3 amide bonds. The molecule has 3 fully saturated rings. The van der Waals surface area contributed by atoms with Crippen molar-refractivity contribution < 1.29 is 9.59 Å². The van der Waals surface area contributed by atoms with Gasteiger partial charge >= 0.3 is 6.03 Å². The number of nitrogens with zero attached hydrogens (tertiary/aromatic N) is 5. The lowest BCUT2D eigenvalue weighted by Gasteiger charge is -2.51. The molecule has 1 aromatic carbocycles. The van der Waals surface area contributed by atoms with Gasteiger partial charge in [0.25, 0.3) is 5.91 Å². The summed E-state index contributed by atoms with van der Waals surface area (Å²) in [5.41, 5.74) is 3.00. The van der Waals surface area contributed by atoms with Crippen LogP contribution in [0, 0.1) is 12.3 Å². The fourth-order valence-corrected chi connectivity index (χ4v) is 8.59. The van der Waals surface area contributed by atoms with Gasteiger partial charge < -0.3 is 19.6 Å². The lowest BCUT2D eigenvalue weighted by atomic mass is 9.68. The van der Waals surface area contributed by atoms with Gasteiger partial charge in [0.2, 0.25) is 0 Å². The molecule has 2 saturated heterocycles. The minimum atomic E-state index is 0.0350. The number of aryl methyl sites for hydroxylation is 1. The first-order chi connectivity index (χ1) is 20.9. The molecule has 1 saturated carbocycles. The average molecular weight is 622 g/mol. The molecule has 1 unspecified atom stereocenters. The third-order valence-corrected chi connectivity index (χ3v) is 12.2. The molecule has 0 radical (unpaired) electrons. The van der Waals surface area contributed by atoms with E-state index < -0.39 is 0 Å². The monoisotopic (exact) mass is 621 g/mol. The number of rotatable bonds is 9. The number of thiophene rings is 1. The van der Waals surface area contributed by atoms with Gasteiger partial charge in [-0.05, 0) is 81.6 Å². The number of likely N-dealkylation sites (tertiary alicyclic amines) is 2. The van der Waals surface area contributed by atoms with Crippen molar-refractivity contribution in [3.8, 4) is 10.4 Å². The first-order valence-electron chi connectivity index (χ1n) is 16.9. The predicted molar refractivity (Wildman–Crippen MR) is 182 cm³/mol. The molecule has 7 nitrogen and oxygen atoms in total. The highest BCUT2D eigenvalue weighted by Crippen LogP contribution is 2.45. The topological polar surface area (TPSA) is 50.3 Å². The van der Waals surface area contributed by atoms with Gasteiger partial charge in [0.05, 0.1) is 10.9 Å². The van der Waals surface area contributed by atoms with Gasteiger partial charge in [0.1, 0.15) is 0 Å². The Morgan fingerprint density at radius 1 is 0.864 bits per heavy atom. The number of carbonyl (C=O) groups is 2. The summed E-state index contributed by atoms with van der Waals surface area (Å²) in [6, 6.07) is 12.8. The standard InChI is InChI=1S/C36H55N5O2S/c1-8-39(9-2)26-36(20-18-35(4,5)19-21-36)41-23-17-30(25-41)38(7)34(43)40-22-16-29(24-40)37(6)33(42)32-15-14-31(44-32)28-12-10-27(3)11-13-28/h10-15,29-30H,8-9,16-26H2,1-7H3/t29?,30-/m1/s1. The third kappa shape index (κ3) is 7.02. The first-order valence-corrected chi connectivity index (χ1v) is 17.7. The minimum Gasteiger partial charge on any atom is -0.336 e. The maximum absolute atomic E-state index is 13.8. The molecule has 2 atom stereocenters. The molecule has 8 heteroatoms. The van der Waals surface area contributed by atoms with Crippen molar-refractivity contribution in [1.29, 1.82) is 0 Å². The zero-order chi connectivity index (χ0) is 31.6. The van der Waals surface area contributed by atoms with E-state index in [-0.39, 0.29) is 29.6 Å². The highest BCUT2D eigenvalue weighted by molar-refractivity contribution is 7.17. The summed E-state index contributed by atoms with van der Waals surface area (Å²) in [6.45, 7) is 18.1. The van der Waals surface area contributed by atoms with Crippen LogP contribution < -0.4 is 0 Å². The summed E-state index contributed by atoms with van der Waals surface area (Å²) < 4.78 is 0. The molecule has 1 aromatic heterocycles. The quantitative estimate of drug-likeness (QED) is 0.314. The normalized spacial score (nSPS) is 23.3. The van der Waals surface area contributed by atoms with Crippen LogP contribution in [-0.4, -0.2) is 114 Å². The summed E-state index contributed by atoms with van der Waals surface area (Å²) in [4.78, 5) is 40.2. The Labute approximate surface area is 270 Å². The maximum atomic E-state index is 13.8. The summed E-state index contributed by atoms with van der Waals surface area (Å²) in [6.07, 6.45) is 6.87. The van der Waals surface area contributed by atoms with Crippen LogP contribution in [0.3, 0.4) is 0 Å². The van der Waals surface area contributed by atoms with Crippen molar-refractivity contribution in [3.05, 3.63) is 46.8 Å². The number of hydrogen-bond acceptors (Lipinski definition) is 5. The van der Waals surface area contributed by atoms with Gasteiger partial charge in [-0.3, -0.25) is 9.69 Å². The van der Waals surface area contributed by atoms with E-state index in [4.69, 9.17) is 0 Å². The SMILES string of the molecule is CCN(CC)CC1(N2CC[C@@H](N(C)C(=O)N3CCC(N(C)C(=O)c4ccc(-c5ccc(C)cc5)s4)C3)C2)CCC(C)(C)CC1. The Balaban J connectivity index is 1.18. The molecular formula is C36H55N5O2S. The summed E-state index contributed by atoms with van der Waals surface area (Å²) >= 11 is 1.55. The van der Waals surface area contributed by atoms with Crippen LogP contribution in [0.25, 0.3) is 10.4 Å². The van der Waals surface area contributed by atoms with E-state index >= 15 is 0 Å². The molecule has 5 rings (SSSR count). The maximum Gasteiger partial charge on any atom is 0.320 e. The van der Waals surface area contributed by atoms with Crippen LogP contribution in [0.4, 0.5) is 4.79 Å². The van der Waals surface area contributed by atoms with E-state index in [2.05, 4.69) is 68.7 Å². The van der Waals surface area contributed by atoms with Crippen molar-refractivity contribution in [2.75, 3.05) is 59.9 Å². The zero-order valence-corrected chi connectivity index (χ0v) is 29.1. The van der Waals surface area contributed by atoms with Crippen LogP contribution in [0.1, 0.15) is 81.5 Å². The van der Waals surface area contributed by atoms with Gasteiger partial charge in [0, 0.05) is 63.3 Å². The summed E-state index contributed by atoms with van der Waals surface area (Å²) in [7, 11) is 3.89. The van der Waals surface area contributed by atoms with Gasteiger partial charge in [0.15, 0.2) is 0 Å². The second kappa shape index (κ2) is 13.5. The molecule has 0 spiro atoms.